The summed E-state index contributed by atoms with van der Waals surface area (Å²) in [6, 6.07) is -0.258. The minimum atomic E-state index is -0.258. The fourth-order valence-corrected chi connectivity index (χ4v) is 1.23. The predicted octanol–water partition coefficient (Wildman–Crippen LogP) is -1.14. The molecule has 0 bridgehead atoms. The van der Waals surface area contributed by atoms with Gasteiger partial charge in [0, 0.05) is 13.6 Å². The van der Waals surface area contributed by atoms with Crippen LogP contribution in [0.25, 0.3) is 0 Å². The Morgan fingerprint density at radius 2 is 2.14 bits per heavy atom. The van der Waals surface area contributed by atoms with Crippen molar-refractivity contribution >= 4 is 11.9 Å². The van der Waals surface area contributed by atoms with E-state index in [1.54, 1.807) is 7.05 Å². The molecule has 1 fully saturated rings. The van der Waals surface area contributed by atoms with Gasteiger partial charge in [-0.25, -0.2) is 4.79 Å². The second-order valence-corrected chi connectivity index (χ2v) is 3.09. The van der Waals surface area contributed by atoms with Crippen molar-refractivity contribution in [2.24, 2.45) is 5.73 Å². The zero-order valence-electron chi connectivity index (χ0n) is 8.23. The molecule has 0 atom stereocenters. The highest BCUT2D eigenvalue weighted by Crippen LogP contribution is 2.06. The van der Waals surface area contributed by atoms with E-state index in [0.29, 0.717) is 26.3 Å². The number of imide groups is 1. The maximum absolute atomic E-state index is 11.3. The molecule has 1 saturated heterocycles. The molecule has 0 unspecified atom stereocenters. The van der Waals surface area contributed by atoms with Crippen LogP contribution in [0, 0.1) is 0 Å². The Labute approximate surface area is 82.6 Å². The van der Waals surface area contributed by atoms with E-state index in [-0.39, 0.29) is 18.5 Å². The van der Waals surface area contributed by atoms with Crippen molar-refractivity contribution in [3.63, 3.8) is 0 Å². The van der Waals surface area contributed by atoms with Crippen molar-refractivity contribution in [2.45, 2.75) is 0 Å². The van der Waals surface area contributed by atoms with Crippen LogP contribution < -0.4 is 5.73 Å². The fourth-order valence-electron chi connectivity index (χ4n) is 1.23. The number of rotatable bonds is 5. The van der Waals surface area contributed by atoms with E-state index in [4.69, 9.17) is 10.5 Å². The van der Waals surface area contributed by atoms with Crippen LogP contribution in [0.5, 0.6) is 0 Å². The van der Waals surface area contributed by atoms with E-state index in [2.05, 4.69) is 0 Å². The second kappa shape index (κ2) is 4.92. The number of nitrogens with zero attached hydrogens (tertiary/aromatic N) is 2. The number of urea groups is 1. The molecule has 3 amide bonds. The maximum Gasteiger partial charge on any atom is 0.327 e. The van der Waals surface area contributed by atoms with Gasteiger partial charge in [0.15, 0.2) is 0 Å². The van der Waals surface area contributed by atoms with Gasteiger partial charge in [-0.1, -0.05) is 0 Å². The van der Waals surface area contributed by atoms with Crippen LogP contribution in [0.3, 0.4) is 0 Å². The van der Waals surface area contributed by atoms with Crippen LogP contribution in [-0.2, 0) is 9.53 Å². The van der Waals surface area contributed by atoms with E-state index in [1.807, 2.05) is 0 Å². The average Bonchev–Trinajstić information content (AvgIpc) is 2.38. The first-order chi connectivity index (χ1) is 6.66. The fraction of sp³-hybridized carbons (Fsp3) is 0.750. The third-order valence-electron chi connectivity index (χ3n) is 1.95. The molecule has 80 valence electrons. The minimum absolute atomic E-state index is 0.162. The third kappa shape index (κ3) is 2.43. The first-order valence-electron chi connectivity index (χ1n) is 4.50. The Balaban J connectivity index is 2.30. The third-order valence-corrected chi connectivity index (χ3v) is 1.95. The van der Waals surface area contributed by atoms with E-state index < -0.39 is 0 Å². The van der Waals surface area contributed by atoms with E-state index in [9.17, 15) is 9.59 Å². The molecule has 14 heavy (non-hydrogen) atoms. The number of likely N-dealkylation sites (N-methyl/N-ethyl adjacent to an activating group) is 1. The van der Waals surface area contributed by atoms with Gasteiger partial charge < -0.3 is 15.4 Å². The molecule has 1 aliphatic heterocycles. The van der Waals surface area contributed by atoms with Crippen molar-refractivity contribution in [1.82, 2.24) is 9.80 Å². The smallest absolute Gasteiger partial charge is 0.327 e. The molecule has 0 aliphatic carbocycles. The number of hydrogen-bond donors (Lipinski definition) is 1. The average molecular weight is 201 g/mol. The quantitative estimate of drug-likeness (QED) is 0.450. The Morgan fingerprint density at radius 3 is 2.64 bits per heavy atom. The zero-order valence-corrected chi connectivity index (χ0v) is 8.23. The lowest BCUT2D eigenvalue weighted by molar-refractivity contribution is -0.125. The van der Waals surface area contributed by atoms with Crippen LogP contribution >= 0.6 is 0 Å². The van der Waals surface area contributed by atoms with E-state index in [0.717, 1.165) is 0 Å². The highest BCUT2D eigenvalue weighted by Gasteiger charge is 2.32. The molecule has 2 N–H and O–H groups in total. The molecule has 0 radical (unpaired) electrons. The van der Waals surface area contributed by atoms with Crippen molar-refractivity contribution in [3.8, 4) is 0 Å². The van der Waals surface area contributed by atoms with E-state index >= 15 is 0 Å². The van der Waals surface area contributed by atoms with Crippen molar-refractivity contribution in [1.29, 1.82) is 0 Å². The van der Waals surface area contributed by atoms with Crippen LogP contribution in [0.4, 0.5) is 4.79 Å². The molecule has 6 heteroatoms. The molecule has 1 rings (SSSR count). The highest BCUT2D eigenvalue weighted by molar-refractivity contribution is 6.01. The normalized spacial score (nSPS) is 17.0. The number of ether oxygens (including phenoxy) is 1. The minimum Gasteiger partial charge on any atom is -0.378 e. The van der Waals surface area contributed by atoms with Crippen LogP contribution in [0.1, 0.15) is 0 Å². The van der Waals surface area contributed by atoms with Gasteiger partial charge in [-0.15, -0.1) is 0 Å². The van der Waals surface area contributed by atoms with Gasteiger partial charge >= 0.3 is 6.03 Å². The molecule has 0 aromatic carbocycles. The van der Waals surface area contributed by atoms with Gasteiger partial charge in [0.2, 0.25) is 5.91 Å². The number of carbonyl (C=O) groups excluding carboxylic acids is 2. The van der Waals surface area contributed by atoms with Crippen molar-refractivity contribution in [2.75, 3.05) is 39.9 Å². The summed E-state index contributed by atoms with van der Waals surface area (Å²) in [7, 11) is 1.60. The first-order valence-corrected chi connectivity index (χ1v) is 4.50. The summed E-state index contributed by atoms with van der Waals surface area (Å²) in [6.45, 7) is 1.72. The molecule has 1 heterocycles. The molecular formula is C8H15N3O3. The Hall–Kier alpha value is -1.14. The highest BCUT2D eigenvalue weighted by atomic mass is 16.5. The second-order valence-electron chi connectivity index (χ2n) is 3.09. The van der Waals surface area contributed by atoms with Crippen LogP contribution in [-0.4, -0.2) is 61.6 Å². The zero-order chi connectivity index (χ0) is 10.6. The largest absolute Gasteiger partial charge is 0.378 e. The number of amides is 3. The van der Waals surface area contributed by atoms with Crippen LogP contribution in [0.15, 0.2) is 0 Å². The summed E-state index contributed by atoms with van der Waals surface area (Å²) in [5, 5.41) is 0. The summed E-state index contributed by atoms with van der Waals surface area (Å²) in [5.41, 5.74) is 5.22. The summed E-state index contributed by atoms with van der Waals surface area (Å²) >= 11 is 0. The molecule has 1 aliphatic rings. The first kappa shape index (κ1) is 10.9. The molecule has 0 aromatic heterocycles. The number of hydrogen-bond acceptors (Lipinski definition) is 4. The molecule has 0 spiro atoms. The molecule has 0 aromatic rings. The monoisotopic (exact) mass is 201 g/mol. The standard InChI is InChI=1S/C8H15N3O3/c1-10-6-7(12)11(8(10)13)3-5-14-4-2-9/h2-6,9H2,1H3. The lowest BCUT2D eigenvalue weighted by Gasteiger charge is -2.13. The Morgan fingerprint density at radius 1 is 1.43 bits per heavy atom. The van der Waals surface area contributed by atoms with Gasteiger partial charge in [-0.2, -0.15) is 0 Å². The van der Waals surface area contributed by atoms with Gasteiger partial charge in [0.05, 0.1) is 19.8 Å². The van der Waals surface area contributed by atoms with Crippen molar-refractivity contribution < 1.29 is 14.3 Å². The lowest BCUT2D eigenvalue weighted by Crippen LogP contribution is -2.34. The number of carbonyl (C=O) groups is 2. The molecular weight excluding hydrogens is 186 g/mol. The topological polar surface area (TPSA) is 75.9 Å². The van der Waals surface area contributed by atoms with Gasteiger partial charge in [-0.3, -0.25) is 9.69 Å². The van der Waals surface area contributed by atoms with E-state index in [1.165, 1.54) is 9.80 Å². The van der Waals surface area contributed by atoms with Gasteiger partial charge in [-0.05, 0) is 0 Å². The van der Waals surface area contributed by atoms with Crippen LogP contribution in [0.2, 0.25) is 0 Å². The predicted molar refractivity (Wildman–Crippen MR) is 49.6 cm³/mol. The van der Waals surface area contributed by atoms with Crippen molar-refractivity contribution in [3.05, 3.63) is 0 Å². The lowest BCUT2D eigenvalue weighted by atomic mass is 10.5. The van der Waals surface area contributed by atoms with Gasteiger partial charge in [0.25, 0.3) is 0 Å². The Bertz CT molecular complexity index is 232. The SMILES string of the molecule is CN1CC(=O)N(CCOCCN)C1=O. The number of nitrogens with two attached hydrogens (primary N) is 1. The molecule has 0 saturated carbocycles. The Kier molecular flexibility index (Phi) is 3.84. The summed E-state index contributed by atoms with van der Waals surface area (Å²) < 4.78 is 5.09. The molecule has 6 nitrogen and oxygen atoms in total. The summed E-state index contributed by atoms with van der Waals surface area (Å²) in [6.07, 6.45) is 0. The maximum atomic E-state index is 11.3. The summed E-state index contributed by atoms with van der Waals surface area (Å²) in [5.74, 6) is -0.172. The summed E-state index contributed by atoms with van der Waals surface area (Å²) in [4.78, 5) is 25.1. The van der Waals surface area contributed by atoms with Gasteiger partial charge in [0.1, 0.15) is 6.54 Å².